The van der Waals surface area contributed by atoms with Crippen molar-refractivity contribution in [1.82, 2.24) is 15.0 Å². The van der Waals surface area contributed by atoms with Crippen LogP contribution < -0.4 is 9.47 Å². The number of nitrogens with zero attached hydrogens (tertiary/aromatic N) is 2. The quantitative estimate of drug-likeness (QED) is 0.686. The molecule has 18 heavy (non-hydrogen) atoms. The Morgan fingerprint density at radius 1 is 1.33 bits per heavy atom. The summed E-state index contributed by atoms with van der Waals surface area (Å²) in [6.07, 6.45) is 1.18. The van der Waals surface area contributed by atoms with E-state index in [2.05, 4.69) is 15.0 Å². The summed E-state index contributed by atoms with van der Waals surface area (Å²) in [4.78, 5) is 11.3. The number of fused-ring (bicyclic) bond motifs is 1. The van der Waals surface area contributed by atoms with E-state index >= 15 is 0 Å². The zero-order valence-corrected chi connectivity index (χ0v) is 10.2. The van der Waals surface area contributed by atoms with Gasteiger partial charge in [-0.15, -0.1) is 0 Å². The molecule has 98 valence electrons. The number of methoxy groups -OCH3 is 2. The van der Waals surface area contributed by atoms with Gasteiger partial charge in [-0.05, 0) is 5.56 Å². The summed E-state index contributed by atoms with van der Waals surface area (Å²) in [7, 11) is 2.97. The number of rotatable bonds is 5. The van der Waals surface area contributed by atoms with E-state index in [9.17, 15) is 5.11 Å². The predicted molar refractivity (Wildman–Crippen MR) is 63.8 cm³/mol. The lowest BCUT2D eigenvalue weighted by Crippen LogP contribution is -2.14. The molecule has 7 nitrogen and oxygen atoms in total. The average Bonchev–Trinajstić information content (AvgIpc) is 2.80. The molecule has 0 saturated carbocycles. The molecule has 1 atom stereocenters. The Labute approximate surface area is 103 Å². The first-order chi connectivity index (χ1) is 8.69. The van der Waals surface area contributed by atoms with Crippen LogP contribution in [0.25, 0.3) is 11.0 Å². The average molecular weight is 253 g/mol. The minimum atomic E-state index is -0.823. The summed E-state index contributed by atoms with van der Waals surface area (Å²) in [5.74, 6) is 0.376. The third-order valence-corrected chi connectivity index (χ3v) is 2.59. The van der Waals surface area contributed by atoms with Gasteiger partial charge >= 0.3 is 6.01 Å². The predicted octanol–water partition coefficient (Wildman–Crippen LogP) is -0.129. The minimum Gasteiger partial charge on any atom is -0.479 e. The summed E-state index contributed by atoms with van der Waals surface area (Å²) in [6, 6.07) is 0.193. The van der Waals surface area contributed by atoms with Gasteiger partial charge in [0.05, 0.1) is 26.9 Å². The molecule has 0 spiro atoms. The fourth-order valence-electron chi connectivity index (χ4n) is 1.72. The molecule has 0 radical (unpaired) electrons. The second-order valence-corrected chi connectivity index (χ2v) is 3.80. The summed E-state index contributed by atoms with van der Waals surface area (Å²) >= 11 is 0. The van der Waals surface area contributed by atoms with Crippen LogP contribution in [0.15, 0.2) is 6.20 Å². The summed E-state index contributed by atoms with van der Waals surface area (Å²) < 4.78 is 10.1. The topological polar surface area (TPSA) is 100 Å². The van der Waals surface area contributed by atoms with E-state index in [1.165, 1.54) is 14.2 Å². The van der Waals surface area contributed by atoms with Gasteiger partial charge in [-0.3, -0.25) is 0 Å². The van der Waals surface area contributed by atoms with E-state index in [-0.39, 0.29) is 12.6 Å². The lowest BCUT2D eigenvalue weighted by Gasteiger charge is -2.06. The normalized spacial score (nSPS) is 12.7. The minimum absolute atomic E-state index is 0.193. The van der Waals surface area contributed by atoms with Crippen molar-refractivity contribution in [1.29, 1.82) is 0 Å². The highest BCUT2D eigenvalue weighted by atomic mass is 16.5. The number of nitrogens with one attached hydrogen (secondary N) is 1. The van der Waals surface area contributed by atoms with Crippen LogP contribution in [0.3, 0.4) is 0 Å². The lowest BCUT2D eigenvalue weighted by molar-refractivity contribution is 0.0957. The van der Waals surface area contributed by atoms with Gasteiger partial charge in [0.15, 0.2) is 0 Å². The van der Waals surface area contributed by atoms with Crippen LogP contribution >= 0.6 is 0 Å². The molecule has 2 aromatic rings. The fraction of sp³-hybridized carbons (Fsp3) is 0.455. The van der Waals surface area contributed by atoms with Crippen molar-refractivity contribution in [2.24, 2.45) is 0 Å². The number of aromatic amines is 1. The van der Waals surface area contributed by atoms with Crippen LogP contribution in [0.1, 0.15) is 5.56 Å². The van der Waals surface area contributed by atoms with Crippen molar-refractivity contribution in [2.45, 2.75) is 12.5 Å². The molecule has 3 N–H and O–H groups in total. The van der Waals surface area contributed by atoms with Crippen molar-refractivity contribution in [3.8, 4) is 11.9 Å². The second-order valence-electron chi connectivity index (χ2n) is 3.80. The molecule has 2 aromatic heterocycles. The summed E-state index contributed by atoms with van der Waals surface area (Å²) in [5, 5.41) is 18.3. The number of aliphatic hydroxyl groups excluding tert-OH is 2. The molecule has 2 rings (SSSR count). The summed E-state index contributed by atoms with van der Waals surface area (Å²) in [5.41, 5.74) is 2.02. The highest BCUT2D eigenvalue weighted by molar-refractivity contribution is 5.83. The van der Waals surface area contributed by atoms with Crippen LogP contribution in [-0.2, 0) is 6.42 Å². The maximum Gasteiger partial charge on any atom is 0.320 e. The maximum absolute atomic E-state index is 9.47. The largest absolute Gasteiger partial charge is 0.479 e. The van der Waals surface area contributed by atoms with E-state index in [0.717, 1.165) is 5.56 Å². The number of aromatic nitrogens is 3. The van der Waals surface area contributed by atoms with Gasteiger partial charge < -0.3 is 24.7 Å². The van der Waals surface area contributed by atoms with E-state index in [1.54, 1.807) is 6.20 Å². The van der Waals surface area contributed by atoms with Gasteiger partial charge in [-0.25, -0.2) is 0 Å². The number of ether oxygens (including phenoxy) is 2. The smallest absolute Gasteiger partial charge is 0.320 e. The van der Waals surface area contributed by atoms with Crippen molar-refractivity contribution in [3.63, 3.8) is 0 Å². The molecule has 1 unspecified atom stereocenters. The van der Waals surface area contributed by atoms with Crippen molar-refractivity contribution < 1.29 is 19.7 Å². The Bertz CT molecular complexity index is 540. The van der Waals surface area contributed by atoms with Gasteiger partial charge in [0, 0.05) is 12.6 Å². The van der Waals surface area contributed by atoms with Crippen molar-refractivity contribution >= 4 is 11.0 Å². The Kier molecular flexibility index (Phi) is 3.63. The standard InChI is InChI=1S/C11H15N3O4/c1-17-10-9-8(13-11(14-10)18-2)6(4-12-9)3-7(16)5-15/h4,7,12,15-16H,3,5H2,1-2H3. The van der Waals surface area contributed by atoms with Crippen LogP contribution in [0.2, 0.25) is 0 Å². The van der Waals surface area contributed by atoms with Gasteiger partial charge in [-0.2, -0.15) is 9.97 Å². The molecule has 0 aliphatic heterocycles. The molecule has 0 aliphatic carbocycles. The van der Waals surface area contributed by atoms with Crippen molar-refractivity contribution in [3.05, 3.63) is 11.8 Å². The van der Waals surface area contributed by atoms with Gasteiger partial charge in [-0.1, -0.05) is 0 Å². The number of aliphatic hydroxyl groups is 2. The van der Waals surface area contributed by atoms with E-state index in [0.29, 0.717) is 23.3 Å². The zero-order chi connectivity index (χ0) is 13.1. The van der Waals surface area contributed by atoms with Gasteiger partial charge in [0.25, 0.3) is 0 Å². The molecule has 0 fully saturated rings. The molecular weight excluding hydrogens is 238 g/mol. The lowest BCUT2D eigenvalue weighted by atomic mass is 10.1. The third kappa shape index (κ3) is 2.22. The van der Waals surface area contributed by atoms with Crippen LogP contribution in [-0.4, -0.2) is 52.1 Å². The number of hydrogen-bond acceptors (Lipinski definition) is 6. The number of H-pyrrole nitrogens is 1. The Balaban J connectivity index is 2.49. The fourth-order valence-corrected chi connectivity index (χ4v) is 1.72. The Morgan fingerprint density at radius 2 is 2.11 bits per heavy atom. The SMILES string of the molecule is COc1nc(OC)c2[nH]cc(CC(O)CO)c2n1. The molecular formula is C11H15N3O4. The highest BCUT2D eigenvalue weighted by Crippen LogP contribution is 2.26. The van der Waals surface area contributed by atoms with E-state index in [4.69, 9.17) is 14.6 Å². The van der Waals surface area contributed by atoms with Crippen LogP contribution in [0, 0.1) is 0 Å². The molecule has 0 saturated heterocycles. The van der Waals surface area contributed by atoms with Crippen molar-refractivity contribution in [2.75, 3.05) is 20.8 Å². The molecule has 7 heteroatoms. The first kappa shape index (κ1) is 12.6. The van der Waals surface area contributed by atoms with E-state index < -0.39 is 6.10 Å². The zero-order valence-electron chi connectivity index (χ0n) is 10.2. The maximum atomic E-state index is 9.47. The first-order valence-corrected chi connectivity index (χ1v) is 5.44. The Morgan fingerprint density at radius 3 is 2.72 bits per heavy atom. The van der Waals surface area contributed by atoms with Gasteiger partial charge in [0.2, 0.25) is 5.88 Å². The highest BCUT2D eigenvalue weighted by Gasteiger charge is 2.16. The van der Waals surface area contributed by atoms with Crippen LogP contribution in [0.4, 0.5) is 0 Å². The molecule has 0 amide bonds. The molecule has 2 heterocycles. The third-order valence-electron chi connectivity index (χ3n) is 2.59. The first-order valence-electron chi connectivity index (χ1n) is 5.44. The molecule has 0 aromatic carbocycles. The molecule has 0 aliphatic rings. The molecule has 0 bridgehead atoms. The van der Waals surface area contributed by atoms with Crippen LogP contribution in [0.5, 0.6) is 11.9 Å². The second kappa shape index (κ2) is 5.19. The Hall–Kier alpha value is -1.86. The summed E-state index contributed by atoms with van der Waals surface area (Å²) in [6.45, 7) is -0.300. The van der Waals surface area contributed by atoms with Gasteiger partial charge in [0.1, 0.15) is 11.0 Å². The number of hydrogen-bond donors (Lipinski definition) is 3. The van der Waals surface area contributed by atoms with E-state index in [1.807, 2.05) is 0 Å². The monoisotopic (exact) mass is 253 g/mol.